The van der Waals surface area contributed by atoms with E-state index in [0.717, 1.165) is 63.6 Å². The maximum atomic E-state index is 13.4. The molecule has 1 saturated carbocycles. The Kier molecular flexibility index (Phi) is 10.7. The van der Waals surface area contributed by atoms with E-state index in [2.05, 4.69) is 46.7 Å². The van der Waals surface area contributed by atoms with Crippen LogP contribution in [0.5, 0.6) is 5.75 Å². The highest BCUT2D eigenvalue weighted by molar-refractivity contribution is 6.07. The monoisotopic (exact) mass is 595 g/mol. The standard InChI is InChI=1S/C37H45N3O4/c1-26-9-3-5-14-34(26)40-21-18-28(19-22-40)23-29-16-17-30(36(42)38-20-8-11-27-10-7-12-31(41)24-27)25-33(29)39-37(43)32-13-4-6-15-35(32)44-2/h3-6,9,13-17,25,27-28H,7-8,10-12,18-24H2,1-2H3,(H,38,42)(H,39,43). The van der Waals surface area contributed by atoms with Gasteiger partial charge in [-0.1, -0.05) is 36.4 Å². The number of amides is 2. The molecule has 1 atom stereocenters. The first-order chi connectivity index (χ1) is 21.4. The Morgan fingerprint density at radius 1 is 0.932 bits per heavy atom. The van der Waals surface area contributed by atoms with Crippen molar-refractivity contribution in [3.63, 3.8) is 0 Å². The Bertz CT molecular complexity index is 1460. The van der Waals surface area contributed by atoms with Gasteiger partial charge in [0, 0.05) is 49.4 Å². The van der Waals surface area contributed by atoms with E-state index in [0.29, 0.717) is 59.6 Å². The van der Waals surface area contributed by atoms with Crippen LogP contribution in [0.1, 0.15) is 83.2 Å². The molecular formula is C37H45N3O4. The van der Waals surface area contributed by atoms with Gasteiger partial charge in [-0.3, -0.25) is 14.4 Å². The van der Waals surface area contributed by atoms with Crippen LogP contribution in [0, 0.1) is 18.8 Å². The van der Waals surface area contributed by atoms with Crippen molar-refractivity contribution in [3.8, 4) is 5.75 Å². The molecule has 2 aliphatic rings. The minimum Gasteiger partial charge on any atom is -0.496 e. The van der Waals surface area contributed by atoms with Gasteiger partial charge in [-0.2, -0.15) is 0 Å². The second-order valence-corrected chi connectivity index (χ2v) is 12.3. The Labute approximate surface area is 261 Å². The van der Waals surface area contributed by atoms with Crippen molar-refractivity contribution in [2.75, 3.05) is 37.0 Å². The highest BCUT2D eigenvalue weighted by atomic mass is 16.5. The van der Waals surface area contributed by atoms with E-state index in [-0.39, 0.29) is 11.8 Å². The third-order valence-electron chi connectivity index (χ3n) is 9.21. The molecule has 7 heteroatoms. The maximum Gasteiger partial charge on any atom is 0.259 e. The lowest BCUT2D eigenvalue weighted by molar-refractivity contribution is -0.121. The van der Waals surface area contributed by atoms with Crippen LogP contribution in [0.3, 0.4) is 0 Å². The number of aryl methyl sites for hydroxylation is 1. The second-order valence-electron chi connectivity index (χ2n) is 12.3. The first-order valence-electron chi connectivity index (χ1n) is 16.1. The molecule has 1 unspecified atom stereocenters. The van der Waals surface area contributed by atoms with Crippen LogP contribution in [0.15, 0.2) is 66.7 Å². The SMILES string of the molecule is COc1ccccc1C(=O)Nc1cc(C(=O)NCCCC2CCCC(=O)C2)ccc1CC1CCN(c2ccccc2C)CC1. The topological polar surface area (TPSA) is 87.7 Å². The number of nitrogens with one attached hydrogen (secondary N) is 2. The zero-order valence-corrected chi connectivity index (χ0v) is 26.1. The van der Waals surface area contributed by atoms with E-state index in [4.69, 9.17) is 4.74 Å². The molecular weight excluding hydrogens is 550 g/mol. The van der Waals surface area contributed by atoms with Crippen molar-refractivity contribution in [1.82, 2.24) is 5.32 Å². The Hall–Kier alpha value is -4.13. The Morgan fingerprint density at radius 2 is 1.70 bits per heavy atom. The summed E-state index contributed by atoms with van der Waals surface area (Å²) >= 11 is 0. The second kappa shape index (κ2) is 15.0. The van der Waals surface area contributed by atoms with Gasteiger partial charge >= 0.3 is 0 Å². The van der Waals surface area contributed by atoms with E-state index in [1.807, 2.05) is 24.3 Å². The molecule has 7 nitrogen and oxygen atoms in total. The number of nitrogens with zero attached hydrogens (tertiary/aromatic N) is 1. The summed E-state index contributed by atoms with van der Waals surface area (Å²) < 4.78 is 5.43. The van der Waals surface area contributed by atoms with E-state index in [9.17, 15) is 14.4 Å². The van der Waals surface area contributed by atoms with Gasteiger partial charge < -0.3 is 20.3 Å². The Balaban J connectivity index is 1.26. The van der Waals surface area contributed by atoms with Crippen LogP contribution in [0.2, 0.25) is 0 Å². The fraction of sp³-hybridized carbons (Fsp3) is 0.432. The minimum absolute atomic E-state index is 0.157. The van der Waals surface area contributed by atoms with Gasteiger partial charge in [-0.15, -0.1) is 0 Å². The summed E-state index contributed by atoms with van der Waals surface area (Å²) in [4.78, 5) is 40.8. The summed E-state index contributed by atoms with van der Waals surface area (Å²) in [7, 11) is 1.55. The van der Waals surface area contributed by atoms with E-state index in [1.165, 1.54) is 11.3 Å². The maximum absolute atomic E-state index is 13.4. The minimum atomic E-state index is -0.266. The van der Waals surface area contributed by atoms with E-state index < -0.39 is 0 Å². The summed E-state index contributed by atoms with van der Waals surface area (Å²) in [6.45, 7) is 4.71. The van der Waals surface area contributed by atoms with Gasteiger partial charge in [0.15, 0.2) is 0 Å². The highest BCUT2D eigenvalue weighted by Gasteiger charge is 2.23. The molecule has 0 aromatic heterocycles. The van der Waals surface area contributed by atoms with Crippen molar-refractivity contribution >= 4 is 29.0 Å². The molecule has 3 aromatic carbocycles. The number of carbonyl (C=O) groups excluding carboxylic acids is 3. The van der Waals surface area contributed by atoms with Crippen molar-refractivity contribution in [2.24, 2.45) is 11.8 Å². The van der Waals surface area contributed by atoms with Crippen LogP contribution in [-0.2, 0) is 11.2 Å². The van der Waals surface area contributed by atoms with Gasteiger partial charge in [-0.25, -0.2) is 0 Å². The number of Topliss-reactive ketones (excluding diaryl/α,β-unsaturated/α-hetero) is 1. The van der Waals surface area contributed by atoms with Crippen LogP contribution < -0.4 is 20.3 Å². The summed E-state index contributed by atoms with van der Waals surface area (Å²) in [5.41, 5.74) is 5.26. The van der Waals surface area contributed by atoms with Crippen LogP contribution in [-0.4, -0.2) is 44.3 Å². The van der Waals surface area contributed by atoms with Crippen molar-refractivity contribution in [2.45, 2.75) is 64.7 Å². The first-order valence-corrected chi connectivity index (χ1v) is 16.1. The molecule has 0 spiro atoms. The summed E-state index contributed by atoms with van der Waals surface area (Å²) in [5.74, 6) is 1.36. The number of para-hydroxylation sites is 2. The van der Waals surface area contributed by atoms with Gasteiger partial charge in [0.25, 0.3) is 11.8 Å². The predicted octanol–water partition coefficient (Wildman–Crippen LogP) is 6.98. The average molecular weight is 596 g/mol. The van der Waals surface area contributed by atoms with Gasteiger partial charge in [0.2, 0.25) is 0 Å². The molecule has 44 heavy (non-hydrogen) atoms. The number of rotatable bonds is 11. The lowest BCUT2D eigenvalue weighted by Crippen LogP contribution is -2.34. The van der Waals surface area contributed by atoms with Gasteiger partial charge in [0.1, 0.15) is 11.5 Å². The molecule has 2 fully saturated rings. The lowest BCUT2D eigenvalue weighted by atomic mass is 9.85. The summed E-state index contributed by atoms with van der Waals surface area (Å²) in [5, 5.41) is 6.15. The number of hydrogen-bond acceptors (Lipinski definition) is 5. The lowest BCUT2D eigenvalue weighted by Gasteiger charge is -2.34. The number of methoxy groups -OCH3 is 1. The molecule has 1 aliphatic carbocycles. The number of carbonyl (C=O) groups is 3. The molecule has 2 N–H and O–H groups in total. The molecule has 2 amide bonds. The number of benzene rings is 3. The number of ether oxygens (including phenoxy) is 1. The van der Waals surface area contributed by atoms with Crippen LogP contribution >= 0.6 is 0 Å². The normalized spacial score (nSPS) is 17.3. The fourth-order valence-electron chi connectivity index (χ4n) is 6.70. The first kappa shape index (κ1) is 31.3. The molecule has 3 aromatic rings. The Morgan fingerprint density at radius 3 is 2.48 bits per heavy atom. The number of anilines is 2. The zero-order valence-electron chi connectivity index (χ0n) is 26.1. The van der Waals surface area contributed by atoms with E-state index in [1.54, 1.807) is 25.3 Å². The van der Waals surface area contributed by atoms with Crippen molar-refractivity contribution < 1.29 is 19.1 Å². The molecule has 0 bridgehead atoms. The van der Waals surface area contributed by atoms with Crippen LogP contribution in [0.4, 0.5) is 11.4 Å². The molecule has 0 radical (unpaired) electrons. The highest BCUT2D eigenvalue weighted by Crippen LogP contribution is 2.31. The molecule has 5 rings (SSSR count). The smallest absolute Gasteiger partial charge is 0.259 e. The number of piperidine rings is 1. The third-order valence-corrected chi connectivity index (χ3v) is 9.21. The van der Waals surface area contributed by atoms with Crippen LogP contribution in [0.25, 0.3) is 0 Å². The quantitative estimate of drug-likeness (QED) is 0.234. The average Bonchev–Trinajstić information content (AvgIpc) is 3.04. The predicted molar refractivity (Wildman–Crippen MR) is 176 cm³/mol. The number of ketones is 1. The van der Waals surface area contributed by atoms with E-state index >= 15 is 0 Å². The molecule has 1 saturated heterocycles. The molecule has 232 valence electrons. The van der Waals surface area contributed by atoms with Gasteiger partial charge in [-0.05, 0) is 105 Å². The largest absolute Gasteiger partial charge is 0.496 e. The van der Waals surface area contributed by atoms with Crippen molar-refractivity contribution in [3.05, 3.63) is 89.0 Å². The van der Waals surface area contributed by atoms with Crippen molar-refractivity contribution in [1.29, 1.82) is 0 Å². The number of hydrogen-bond donors (Lipinski definition) is 2. The zero-order chi connectivity index (χ0) is 30.9. The fourth-order valence-corrected chi connectivity index (χ4v) is 6.70. The third kappa shape index (κ3) is 8.07. The molecule has 1 aliphatic heterocycles. The molecule has 1 heterocycles. The van der Waals surface area contributed by atoms with Gasteiger partial charge in [0.05, 0.1) is 12.7 Å². The summed E-state index contributed by atoms with van der Waals surface area (Å²) in [6.07, 6.45) is 8.21. The summed E-state index contributed by atoms with van der Waals surface area (Å²) in [6, 6.07) is 21.4.